The molecule has 1 aromatic rings. The van der Waals surface area contributed by atoms with Crippen LogP contribution in [-0.2, 0) is 0 Å². The van der Waals surface area contributed by atoms with Crippen molar-refractivity contribution >= 4 is 5.69 Å². The predicted octanol–water partition coefficient (Wildman–Crippen LogP) is 3.31. The maximum absolute atomic E-state index is 3.66. The van der Waals surface area contributed by atoms with Crippen LogP contribution in [0.1, 0.15) is 38.7 Å². The number of benzene rings is 1. The molecule has 1 heterocycles. The number of nitrogens with zero attached hydrogens (tertiary/aromatic N) is 1. The Balaban J connectivity index is 2.02. The van der Waals surface area contributed by atoms with E-state index in [-0.39, 0.29) is 0 Å². The molecule has 1 aromatic carbocycles. The summed E-state index contributed by atoms with van der Waals surface area (Å²) in [6.07, 6.45) is 1.24. The molecule has 0 aromatic heterocycles. The minimum absolute atomic E-state index is 0.595. The summed E-state index contributed by atoms with van der Waals surface area (Å²) < 4.78 is 0. The maximum atomic E-state index is 3.66. The molecule has 1 aliphatic rings. The summed E-state index contributed by atoms with van der Waals surface area (Å²) in [5.74, 6) is 0.599. The van der Waals surface area contributed by atoms with Gasteiger partial charge in [-0.3, -0.25) is 0 Å². The first-order valence-corrected chi connectivity index (χ1v) is 6.63. The van der Waals surface area contributed by atoms with Crippen molar-refractivity contribution in [1.82, 2.24) is 4.90 Å². The van der Waals surface area contributed by atoms with Crippen LogP contribution in [0, 0.1) is 0 Å². The first-order valence-electron chi connectivity index (χ1n) is 6.63. The van der Waals surface area contributed by atoms with Crippen LogP contribution in [0.15, 0.2) is 24.3 Å². The van der Waals surface area contributed by atoms with Gasteiger partial charge in [-0.15, -0.1) is 0 Å². The van der Waals surface area contributed by atoms with Crippen LogP contribution in [0.3, 0.4) is 0 Å². The summed E-state index contributed by atoms with van der Waals surface area (Å²) in [6, 6.07) is 10.1. The van der Waals surface area contributed by atoms with Gasteiger partial charge in [-0.25, -0.2) is 0 Å². The standard InChI is InChI=1S/C15H24N2/c1-11(2)13-6-5-7-14(9-13)16-15-8-12(3)17(4)10-15/h5-7,9,11-12,15-16H,8,10H2,1-4H3. The first-order chi connectivity index (χ1) is 8.06. The molecule has 0 spiro atoms. The quantitative estimate of drug-likeness (QED) is 0.860. The van der Waals surface area contributed by atoms with E-state index in [1.807, 2.05) is 0 Å². The first kappa shape index (κ1) is 12.4. The lowest BCUT2D eigenvalue weighted by Gasteiger charge is -2.15. The molecule has 0 saturated carbocycles. The molecule has 0 bridgehead atoms. The molecule has 2 atom stereocenters. The molecule has 2 unspecified atom stereocenters. The van der Waals surface area contributed by atoms with Gasteiger partial charge in [0.05, 0.1) is 0 Å². The SMILES string of the molecule is CC(C)c1cccc(NC2CC(C)N(C)C2)c1. The third-order valence-corrected chi connectivity index (χ3v) is 3.81. The van der Waals surface area contributed by atoms with Crippen LogP contribution in [0.5, 0.6) is 0 Å². The average Bonchev–Trinajstić information content (AvgIpc) is 2.58. The van der Waals surface area contributed by atoms with E-state index in [4.69, 9.17) is 0 Å². The Morgan fingerprint density at radius 3 is 2.71 bits per heavy atom. The van der Waals surface area contributed by atoms with E-state index in [0.29, 0.717) is 18.0 Å². The molecule has 0 radical (unpaired) electrons. The fourth-order valence-corrected chi connectivity index (χ4v) is 2.52. The Hall–Kier alpha value is -1.02. The molecule has 1 saturated heterocycles. The normalized spacial score (nSPS) is 25.5. The summed E-state index contributed by atoms with van der Waals surface area (Å²) in [7, 11) is 2.21. The van der Waals surface area contributed by atoms with Gasteiger partial charge >= 0.3 is 0 Å². The van der Waals surface area contributed by atoms with Crippen molar-refractivity contribution in [3.05, 3.63) is 29.8 Å². The van der Waals surface area contributed by atoms with Gasteiger partial charge < -0.3 is 10.2 Å². The maximum Gasteiger partial charge on any atom is 0.0403 e. The number of anilines is 1. The Bertz CT molecular complexity index is 363. The van der Waals surface area contributed by atoms with Crippen LogP contribution >= 0.6 is 0 Å². The van der Waals surface area contributed by atoms with E-state index >= 15 is 0 Å². The summed E-state index contributed by atoms with van der Waals surface area (Å²) in [6.45, 7) is 7.92. The third-order valence-electron chi connectivity index (χ3n) is 3.81. The van der Waals surface area contributed by atoms with Gasteiger partial charge in [0, 0.05) is 24.3 Å². The Labute approximate surface area is 105 Å². The monoisotopic (exact) mass is 232 g/mol. The van der Waals surface area contributed by atoms with Gasteiger partial charge in [-0.1, -0.05) is 26.0 Å². The van der Waals surface area contributed by atoms with Gasteiger partial charge in [-0.2, -0.15) is 0 Å². The molecular formula is C15H24N2. The lowest BCUT2D eigenvalue weighted by molar-refractivity contribution is 0.330. The number of nitrogens with one attached hydrogen (secondary N) is 1. The molecular weight excluding hydrogens is 208 g/mol. The third kappa shape index (κ3) is 3.01. The van der Waals surface area contributed by atoms with Crippen LogP contribution in [0.4, 0.5) is 5.69 Å². The Morgan fingerprint density at radius 2 is 2.12 bits per heavy atom. The van der Waals surface area contributed by atoms with Gasteiger partial charge in [0.15, 0.2) is 0 Å². The van der Waals surface area contributed by atoms with Crippen LogP contribution in [0.25, 0.3) is 0 Å². The highest BCUT2D eigenvalue weighted by Crippen LogP contribution is 2.22. The van der Waals surface area contributed by atoms with E-state index in [0.717, 1.165) is 6.54 Å². The zero-order valence-corrected chi connectivity index (χ0v) is 11.4. The number of hydrogen-bond donors (Lipinski definition) is 1. The summed E-state index contributed by atoms with van der Waals surface area (Å²) in [4.78, 5) is 2.42. The van der Waals surface area contributed by atoms with E-state index in [9.17, 15) is 0 Å². The molecule has 0 amide bonds. The van der Waals surface area contributed by atoms with Crippen molar-refractivity contribution < 1.29 is 0 Å². The summed E-state index contributed by atoms with van der Waals surface area (Å²) in [5, 5.41) is 3.66. The molecule has 17 heavy (non-hydrogen) atoms. The van der Waals surface area contributed by atoms with Crippen LogP contribution < -0.4 is 5.32 Å². The number of rotatable bonds is 3. The van der Waals surface area contributed by atoms with Crippen molar-refractivity contribution in [2.45, 2.75) is 45.2 Å². The van der Waals surface area contributed by atoms with Gasteiger partial charge in [-0.05, 0) is 44.0 Å². The van der Waals surface area contributed by atoms with Crippen molar-refractivity contribution in [3.63, 3.8) is 0 Å². The fraction of sp³-hybridized carbons (Fsp3) is 0.600. The van der Waals surface area contributed by atoms with E-state index in [2.05, 4.69) is 62.3 Å². The van der Waals surface area contributed by atoms with Crippen molar-refractivity contribution in [2.75, 3.05) is 18.9 Å². The van der Waals surface area contributed by atoms with Crippen LogP contribution in [0.2, 0.25) is 0 Å². The van der Waals surface area contributed by atoms with Gasteiger partial charge in [0.1, 0.15) is 0 Å². The highest BCUT2D eigenvalue weighted by molar-refractivity contribution is 5.47. The average molecular weight is 232 g/mol. The topological polar surface area (TPSA) is 15.3 Å². The van der Waals surface area contributed by atoms with Crippen LogP contribution in [-0.4, -0.2) is 30.6 Å². The number of hydrogen-bond acceptors (Lipinski definition) is 2. The smallest absolute Gasteiger partial charge is 0.0403 e. The molecule has 2 heteroatoms. The second-order valence-corrected chi connectivity index (χ2v) is 5.65. The minimum Gasteiger partial charge on any atom is -0.381 e. The van der Waals surface area contributed by atoms with Crippen molar-refractivity contribution in [2.24, 2.45) is 0 Å². The zero-order chi connectivity index (χ0) is 12.4. The lowest BCUT2D eigenvalue weighted by Crippen LogP contribution is -2.24. The van der Waals surface area contributed by atoms with E-state index in [1.54, 1.807) is 0 Å². The second-order valence-electron chi connectivity index (χ2n) is 5.65. The summed E-state index contributed by atoms with van der Waals surface area (Å²) in [5.41, 5.74) is 2.68. The largest absolute Gasteiger partial charge is 0.381 e. The zero-order valence-electron chi connectivity index (χ0n) is 11.4. The second kappa shape index (κ2) is 5.09. The fourth-order valence-electron chi connectivity index (χ4n) is 2.52. The van der Waals surface area contributed by atoms with Crippen molar-refractivity contribution in [3.8, 4) is 0 Å². The van der Waals surface area contributed by atoms with Gasteiger partial charge in [0.25, 0.3) is 0 Å². The number of likely N-dealkylation sites (tertiary alicyclic amines) is 1. The van der Waals surface area contributed by atoms with E-state index < -0.39 is 0 Å². The molecule has 2 rings (SSSR count). The molecule has 1 aliphatic heterocycles. The Kier molecular flexibility index (Phi) is 3.72. The minimum atomic E-state index is 0.595. The predicted molar refractivity (Wildman–Crippen MR) is 74.7 cm³/mol. The lowest BCUT2D eigenvalue weighted by atomic mass is 10.0. The molecule has 94 valence electrons. The highest BCUT2D eigenvalue weighted by atomic mass is 15.2. The highest BCUT2D eigenvalue weighted by Gasteiger charge is 2.25. The molecule has 2 nitrogen and oxygen atoms in total. The number of likely N-dealkylation sites (N-methyl/N-ethyl adjacent to an activating group) is 1. The molecule has 1 fully saturated rings. The van der Waals surface area contributed by atoms with Gasteiger partial charge in [0.2, 0.25) is 0 Å². The van der Waals surface area contributed by atoms with Crippen molar-refractivity contribution in [1.29, 1.82) is 0 Å². The molecule has 1 N–H and O–H groups in total. The van der Waals surface area contributed by atoms with E-state index in [1.165, 1.54) is 17.7 Å². The molecule has 0 aliphatic carbocycles. The summed E-state index contributed by atoms with van der Waals surface area (Å²) >= 11 is 0. The Morgan fingerprint density at radius 1 is 1.35 bits per heavy atom.